The zero-order valence-electron chi connectivity index (χ0n) is 11.0. The fraction of sp³-hybridized carbons (Fsp3) is 0.429. The summed E-state index contributed by atoms with van der Waals surface area (Å²) >= 11 is 3.22. The van der Waals surface area contributed by atoms with Gasteiger partial charge in [0.15, 0.2) is 0 Å². The molecule has 1 aromatic carbocycles. The third kappa shape index (κ3) is 6.17. The molecule has 0 bridgehead atoms. The first-order valence-corrected chi connectivity index (χ1v) is 6.56. The molecule has 0 aromatic heterocycles. The number of hydrogen-bond donors (Lipinski definition) is 1. The van der Waals surface area contributed by atoms with Gasteiger partial charge in [-0.3, -0.25) is 0 Å². The maximum Gasteiger partial charge on any atom is 0.128 e. The molecule has 4 heteroatoms. The Morgan fingerprint density at radius 3 is 2.61 bits per heavy atom. The molecule has 2 nitrogen and oxygen atoms in total. The van der Waals surface area contributed by atoms with Crippen LogP contribution in [0.25, 0.3) is 0 Å². The van der Waals surface area contributed by atoms with Crippen molar-refractivity contribution in [1.29, 1.82) is 0 Å². The van der Waals surface area contributed by atoms with E-state index in [2.05, 4.69) is 48.6 Å². The number of hydrogen-bond acceptors (Lipinski definition) is 2. The van der Waals surface area contributed by atoms with Crippen molar-refractivity contribution in [2.45, 2.75) is 26.3 Å². The fourth-order valence-electron chi connectivity index (χ4n) is 1.24. The van der Waals surface area contributed by atoms with E-state index in [4.69, 9.17) is 4.74 Å². The summed E-state index contributed by atoms with van der Waals surface area (Å²) in [4.78, 5) is 0. The summed E-state index contributed by atoms with van der Waals surface area (Å²) in [5.41, 5.74) is 0.968. The van der Waals surface area contributed by atoms with Crippen LogP contribution in [0.15, 0.2) is 34.8 Å². The fourth-order valence-corrected chi connectivity index (χ4v) is 1.68. The lowest BCUT2D eigenvalue weighted by atomic mass is 10.1. The summed E-state index contributed by atoms with van der Waals surface area (Å²) in [5.74, 6) is 0.177. The quantitative estimate of drug-likeness (QED) is 0.832. The lowest BCUT2D eigenvalue weighted by Crippen LogP contribution is -2.37. The molecule has 0 spiro atoms. The maximum atomic E-state index is 13.1. The van der Waals surface area contributed by atoms with Gasteiger partial charge in [-0.05, 0) is 38.5 Å². The Balaban J connectivity index is 2.43. The van der Waals surface area contributed by atoms with Crippen molar-refractivity contribution in [2.24, 2.45) is 0 Å². The molecule has 0 fully saturated rings. The molecule has 0 amide bonds. The second kappa shape index (κ2) is 6.34. The molecule has 0 aliphatic carbocycles. The zero-order chi connectivity index (χ0) is 13.8. The summed E-state index contributed by atoms with van der Waals surface area (Å²) in [6.45, 7) is 11.2. The minimum Gasteiger partial charge on any atom is -0.489 e. The minimum atomic E-state index is -0.321. The standard InChI is InChI=1S/C14H19BrFNO/c1-10(8-17-14(2,3)4)9-18-13-6-11(15)5-12(16)7-13/h5-7,17H,1,8-9H2,2-4H3. The monoisotopic (exact) mass is 315 g/mol. The number of ether oxygens (including phenoxy) is 1. The van der Waals surface area contributed by atoms with Gasteiger partial charge in [0.25, 0.3) is 0 Å². The first kappa shape index (κ1) is 15.2. The Labute approximate surface area is 116 Å². The first-order chi connectivity index (χ1) is 8.26. The minimum absolute atomic E-state index is 0.0465. The lowest BCUT2D eigenvalue weighted by molar-refractivity contribution is 0.339. The number of benzene rings is 1. The normalized spacial score (nSPS) is 11.4. The molecule has 100 valence electrons. The van der Waals surface area contributed by atoms with Crippen LogP contribution in [0.5, 0.6) is 5.75 Å². The van der Waals surface area contributed by atoms with Gasteiger partial charge in [-0.15, -0.1) is 0 Å². The largest absolute Gasteiger partial charge is 0.489 e. The predicted octanol–water partition coefficient (Wildman–Crippen LogP) is 3.91. The summed E-state index contributed by atoms with van der Waals surface area (Å²) in [6.07, 6.45) is 0. The Morgan fingerprint density at radius 1 is 1.39 bits per heavy atom. The van der Waals surface area contributed by atoms with Crippen LogP contribution in [0.2, 0.25) is 0 Å². The molecule has 0 saturated carbocycles. The molecule has 1 rings (SSSR count). The average Bonchev–Trinajstić information content (AvgIpc) is 2.21. The van der Waals surface area contributed by atoms with E-state index in [9.17, 15) is 4.39 Å². The SMILES string of the molecule is C=C(CNC(C)(C)C)COc1cc(F)cc(Br)c1. The van der Waals surface area contributed by atoms with Gasteiger partial charge in [0.2, 0.25) is 0 Å². The number of halogens is 2. The molecule has 0 heterocycles. The average molecular weight is 316 g/mol. The smallest absolute Gasteiger partial charge is 0.128 e. The van der Waals surface area contributed by atoms with E-state index < -0.39 is 0 Å². The van der Waals surface area contributed by atoms with Crippen molar-refractivity contribution < 1.29 is 9.13 Å². The van der Waals surface area contributed by atoms with Crippen molar-refractivity contribution in [1.82, 2.24) is 5.32 Å². The molecular formula is C14H19BrFNO. The highest BCUT2D eigenvalue weighted by molar-refractivity contribution is 9.10. The van der Waals surface area contributed by atoms with E-state index in [1.54, 1.807) is 6.07 Å². The summed E-state index contributed by atoms with van der Waals surface area (Å²) in [5, 5.41) is 3.32. The van der Waals surface area contributed by atoms with Crippen LogP contribution in [0.3, 0.4) is 0 Å². The molecule has 0 aliphatic rings. The predicted molar refractivity (Wildman–Crippen MR) is 76.5 cm³/mol. The summed E-state index contributed by atoms with van der Waals surface area (Å²) < 4.78 is 19.3. The van der Waals surface area contributed by atoms with Crippen LogP contribution in [0.4, 0.5) is 4.39 Å². The molecule has 0 atom stereocenters. The first-order valence-electron chi connectivity index (χ1n) is 5.77. The van der Waals surface area contributed by atoms with Crippen molar-refractivity contribution in [3.63, 3.8) is 0 Å². The van der Waals surface area contributed by atoms with Crippen LogP contribution < -0.4 is 10.1 Å². The molecular weight excluding hydrogens is 297 g/mol. The van der Waals surface area contributed by atoms with E-state index in [0.29, 0.717) is 23.4 Å². The molecule has 0 aliphatic heterocycles. The van der Waals surface area contributed by atoms with Gasteiger partial charge < -0.3 is 10.1 Å². The topological polar surface area (TPSA) is 21.3 Å². The highest BCUT2D eigenvalue weighted by atomic mass is 79.9. The number of rotatable bonds is 5. The Bertz CT molecular complexity index is 406. The van der Waals surface area contributed by atoms with Crippen LogP contribution in [-0.2, 0) is 0 Å². The van der Waals surface area contributed by atoms with Crippen molar-refractivity contribution in [2.75, 3.05) is 13.2 Å². The highest BCUT2D eigenvalue weighted by Gasteiger charge is 2.09. The van der Waals surface area contributed by atoms with E-state index in [0.717, 1.165) is 5.57 Å². The van der Waals surface area contributed by atoms with Crippen LogP contribution in [0.1, 0.15) is 20.8 Å². The van der Waals surface area contributed by atoms with Gasteiger partial charge in [-0.1, -0.05) is 22.5 Å². The lowest BCUT2D eigenvalue weighted by Gasteiger charge is -2.21. The summed E-state index contributed by atoms with van der Waals surface area (Å²) in [6, 6.07) is 4.48. The van der Waals surface area contributed by atoms with Gasteiger partial charge in [0, 0.05) is 22.6 Å². The van der Waals surface area contributed by atoms with Crippen molar-refractivity contribution in [3.05, 3.63) is 40.6 Å². The third-order valence-corrected chi connectivity index (χ3v) is 2.61. The summed E-state index contributed by atoms with van der Waals surface area (Å²) in [7, 11) is 0. The van der Waals surface area contributed by atoms with Gasteiger partial charge in [-0.25, -0.2) is 4.39 Å². The molecule has 0 radical (unpaired) electrons. The number of nitrogens with one attached hydrogen (secondary N) is 1. The van der Waals surface area contributed by atoms with Crippen LogP contribution in [-0.4, -0.2) is 18.7 Å². The molecule has 18 heavy (non-hydrogen) atoms. The Morgan fingerprint density at radius 2 is 2.06 bits per heavy atom. The molecule has 1 aromatic rings. The van der Waals surface area contributed by atoms with E-state index in [1.807, 2.05) is 0 Å². The Hall–Kier alpha value is -0.870. The van der Waals surface area contributed by atoms with Crippen molar-refractivity contribution >= 4 is 15.9 Å². The maximum absolute atomic E-state index is 13.1. The van der Waals surface area contributed by atoms with Gasteiger partial charge in [0.05, 0.1) is 0 Å². The second-order valence-corrected chi connectivity index (χ2v) is 6.16. The Kier molecular flexibility index (Phi) is 5.35. The third-order valence-electron chi connectivity index (χ3n) is 2.15. The van der Waals surface area contributed by atoms with Gasteiger partial charge in [0.1, 0.15) is 18.2 Å². The van der Waals surface area contributed by atoms with Crippen LogP contribution >= 0.6 is 15.9 Å². The van der Waals surface area contributed by atoms with Gasteiger partial charge in [-0.2, -0.15) is 0 Å². The van der Waals surface area contributed by atoms with E-state index in [-0.39, 0.29) is 11.4 Å². The van der Waals surface area contributed by atoms with E-state index >= 15 is 0 Å². The van der Waals surface area contributed by atoms with Crippen molar-refractivity contribution in [3.8, 4) is 5.75 Å². The molecule has 0 unspecified atom stereocenters. The zero-order valence-corrected chi connectivity index (χ0v) is 12.6. The molecule has 0 saturated heterocycles. The second-order valence-electron chi connectivity index (χ2n) is 5.25. The van der Waals surface area contributed by atoms with Gasteiger partial charge >= 0.3 is 0 Å². The van der Waals surface area contributed by atoms with Crippen LogP contribution in [0, 0.1) is 5.82 Å². The molecule has 1 N–H and O–H groups in total. The van der Waals surface area contributed by atoms with E-state index in [1.165, 1.54) is 12.1 Å². The highest BCUT2D eigenvalue weighted by Crippen LogP contribution is 2.20.